The highest BCUT2D eigenvalue weighted by atomic mass is 35.5. The molecular formula is C17H23ClN2. The van der Waals surface area contributed by atoms with E-state index in [1.165, 1.54) is 38.5 Å². The zero-order valence-corrected chi connectivity index (χ0v) is 12.9. The van der Waals surface area contributed by atoms with Gasteiger partial charge in [0.25, 0.3) is 0 Å². The molecular weight excluding hydrogens is 268 g/mol. The van der Waals surface area contributed by atoms with Crippen molar-refractivity contribution in [3.8, 4) is 0 Å². The van der Waals surface area contributed by atoms with Gasteiger partial charge in [0, 0.05) is 12.2 Å². The molecule has 1 atom stereocenters. The molecule has 1 unspecified atom stereocenters. The molecule has 2 nitrogen and oxygen atoms in total. The van der Waals surface area contributed by atoms with Crippen molar-refractivity contribution in [2.75, 3.05) is 5.32 Å². The minimum Gasteiger partial charge on any atom is -0.380 e. The Morgan fingerprint density at radius 3 is 2.35 bits per heavy atom. The second-order valence-corrected chi connectivity index (χ2v) is 7.91. The van der Waals surface area contributed by atoms with Gasteiger partial charge in [0.15, 0.2) is 0 Å². The van der Waals surface area contributed by atoms with E-state index in [9.17, 15) is 0 Å². The van der Waals surface area contributed by atoms with E-state index in [0.29, 0.717) is 11.5 Å². The Kier molecular flexibility index (Phi) is 2.99. The van der Waals surface area contributed by atoms with Crippen molar-refractivity contribution in [1.29, 1.82) is 0 Å². The third kappa shape index (κ3) is 2.04. The van der Waals surface area contributed by atoms with Crippen molar-refractivity contribution in [2.45, 2.75) is 51.5 Å². The van der Waals surface area contributed by atoms with Crippen molar-refractivity contribution in [2.24, 2.45) is 23.2 Å². The maximum atomic E-state index is 6.27. The van der Waals surface area contributed by atoms with Crippen molar-refractivity contribution in [3.63, 3.8) is 0 Å². The van der Waals surface area contributed by atoms with Gasteiger partial charge >= 0.3 is 0 Å². The average molecular weight is 291 g/mol. The summed E-state index contributed by atoms with van der Waals surface area (Å²) in [5.41, 5.74) is 1.51. The first kappa shape index (κ1) is 12.9. The zero-order valence-electron chi connectivity index (χ0n) is 12.1. The van der Waals surface area contributed by atoms with Crippen LogP contribution in [0.1, 0.15) is 45.4 Å². The van der Waals surface area contributed by atoms with Crippen LogP contribution in [0.4, 0.5) is 5.69 Å². The highest BCUT2D eigenvalue weighted by Gasteiger charge is 2.53. The molecule has 1 heterocycles. The van der Waals surface area contributed by atoms with Gasteiger partial charge in [-0.15, -0.1) is 0 Å². The van der Waals surface area contributed by atoms with Gasteiger partial charge in [-0.2, -0.15) is 0 Å². The molecule has 4 aliphatic rings. The fourth-order valence-electron chi connectivity index (χ4n) is 5.58. The first-order chi connectivity index (χ1) is 9.64. The predicted molar refractivity (Wildman–Crippen MR) is 82.9 cm³/mol. The van der Waals surface area contributed by atoms with Gasteiger partial charge in [-0.3, -0.25) is 4.98 Å². The number of anilines is 1. The molecule has 0 saturated heterocycles. The molecule has 4 fully saturated rings. The molecule has 0 spiro atoms. The molecule has 1 aromatic rings. The Labute approximate surface area is 126 Å². The number of halogens is 1. The van der Waals surface area contributed by atoms with Gasteiger partial charge in [0.1, 0.15) is 0 Å². The average Bonchev–Trinajstić information content (AvgIpc) is 2.40. The summed E-state index contributed by atoms with van der Waals surface area (Å²) in [4.78, 5) is 4.20. The van der Waals surface area contributed by atoms with E-state index < -0.39 is 0 Å². The van der Waals surface area contributed by atoms with Gasteiger partial charge in [0.05, 0.1) is 16.9 Å². The molecule has 5 rings (SSSR count). The first-order valence-corrected chi connectivity index (χ1v) is 8.38. The number of nitrogens with zero attached hydrogens (tertiary/aromatic N) is 1. The molecule has 0 amide bonds. The zero-order chi connectivity index (χ0) is 13.7. The lowest BCUT2D eigenvalue weighted by atomic mass is 9.48. The Morgan fingerprint density at radius 2 is 1.80 bits per heavy atom. The Bertz CT molecular complexity index is 478. The molecule has 4 saturated carbocycles. The SMILES string of the molecule is CC(Nc1cnccc1Cl)C12CC3CC(CC(C3)C1)C2. The van der Waals surface area contributed by atoms with E-state index in [1.54, 1.807) is 6.20 Å². The Balaban J connectivity index is 1.56. The minimum atomic E-state index is 0.498. The van der Waals surface area contributed by atoms with Crippen LogP contribution in [0.5, 0.6) is 0 Å². The molecule has 4 aliphatic carbocycles. The lowest BCUT2D eigenvalue weighted by molar-refractivity contribution is -0.0602. The number of hydrogen-bond donors (Lipinski definition) is 1. The molecule has 1 N–H and O–H groups in total. The fourth-order valence-corrected chi connectivity index (χ4v) is 5.74. The van der Waals surface area contributed by atoms with Crippen LogP contribution in [0, 0.1) is 23.2 Å². The van der Waals surface area contributed by atoms with Crippen LogP contribution in [0.15, 0.2) is 18.5 Å². The summed E-state index contributed by atoms with van der Waals surface area (Å²) < 4.78 is 0. The van der Waals surface area contributed by atoms with E-state index in [-0.39, 0.29) is 0 Å². The van der Waals surface area contributed by atoms with Crippen LogP contribution in [0.3, 0.4) is 0 Å². The fraction of sp³-hybridized carbons (Fsp3) is 0.706. The Hall–Kier alpha value is -0.760. The largest absolute Gasteiger partial charge is 0.380 e. The summed E-state index contributed by atoms with van der Waals surface area (Å²) in [5.74, 6) is 2.99. The van der Waals surface area contributed by atoms with Gasteiger partial charge in [-0.05, 0) is 74.7 Å². The van der Waals surface area contributed by atoms with Gasteiger partial charge < -0.3 is 5.32 Å². The summed E-state index contributed by atoms with van der Waals surface area (Å²) >= 11 is 6.27. The van der Waals surface area contributed by atoms with E-state index in [0.717, 1.165) is 28.5 Å². The highest BCUT2D eigenvalue weighted by Crippen LogP contribution is 2.61. The summed E-state index contributed by atoms with van der Waals surface area (Å²) in [6.07, 6.45) is 12.4. The number of aromatic nitrogens is 1. The smallest absolute Gasteiger partial charge is 0.0718 e. The number of rotatable bonds is 3. The molecule has 0 aromatic carbocycles. The second-order valence-electron chi connectivity index (χ2n) is 7.50. The third-order valence-electron chi connectivity index (χ3n) is 6.14. The molecule has 3 heteroatoms. The van der Waals surface area contributed by atoms with Gasteiger partial charge in [0.2, 0.25) is 0 Å². The number of pyridine rings is 1. The molecule has 20 heavy (non-hydrogen) atoms. The highest BCUT2D eigenvalue weighted by molar-refractivity contribution is 6.33. The van der Waals surface area contributed by atoms with Crippen molar-refractivity contribution < 1.29 is 0 Å². The lowest BCUT2D eigenvalue weighted by Gasteiger charge is -2.59. The maximum Gasteiger partial charge on any atom is 0.0718 e. The van der Waals surface area contributed by atoms with Gasteiger partial charge in [-0.25, -0.2) is 0 Å². The van der Waals surface area contributed by atoms with Crippen LogP contribution in [-0.2, 0) is 0 Å². The van der Waals surface area contributed by atoms with Crippen LogP contribution < -0.4 is 5.32 Å². The molecule has 0 aliphatic heterocycles. The predicted octanol–water partition coefficient (Wildman–Crippen LogP) is 4.75. The quantitative estimate of drug-likeness (QED) is 0.869. The van der Waals surface area contributed by atoms with E-state index in [2.05, 4.69) is 17.2 Å². The monoisotopic (exact) mass is 290 g/mol. The molecule has 108 valence electrons. The van der Waals surface area contributed by atoms with Crippen LogP contribution in [0.2, 0.25) is 5.02 Å². The standard InChI is InChI=1S/C17H23ClN2/c1-11(20-16-10-19-3-2-15(16)18)17-7-12-4-13(8-17)6-14(5-12)9-17/h2-3,10-14,20H,4-9H2,1H3. The number of hydrogen-bond acceptors (Lipinski definition) is 2. The molecule has 4 bridgehead atoms. The maximum absolute atomic E-state index is 6.27. The van der Waals surface area contributed by atoms with E-state index in [1.807, 2.05) is 12.3 Å². The van der Waals surface area contributed by atoms with Crippen molar-refractivity contribution in [3.05, 3.63) is 23.5 Å². The normalized spacial score (nSPS) is 39.8. The molecule has 0 radical (unpaired) electrons. The Morgan fingerprint density at radius 1 is 1.20 bits per heavy atom. The third-order valence-corrected chi connectivity index (χ3v) is 6.47. The molecule has 1 aromatic heterocycles. The van der Waals surface area contributed by atoms with Crippen LogP contribution in [-0.4, -0.2) is 11.0 Å². The lowest BCUT2D eigenvalue weighted by Crippen LogP contribution is -2.52. The summed E-state index contributed by atoms with van der Waals surface area (Å²) in [6, 6.07) is 2.37. The summed E-state index contributed by atoms with van der Waals surface area (Å²) in [7, 11) is 0. The summed E-state index contributed by atoms with van der Waals surface area (Å²) in [5, 5.41) is 4.46. The summed E-state index contributed by atoms with van der Waals surface area (Å²) in [6.45, 7) is 2.36. The van der Waals surface area contributed by atoms with E-state index >= 15 is 0 Å². The minimum absolute atomic E-state index is 0.498. The topological polar surface area (TPSA) is 24.9 Å². The second kappa shape index (κ2) is 4.62. The number of nitrogens with one attached hydrogen (secondary N) is 1. The van der Waals surface area contributed by atoms with Crippen molar-refractivity contribution >= 4 is 17.3 Å². The van der Waals surface area contributed by atoms with Crippen molar-refractivity contribution in [1.82, 2.24) is 4.98 Å². The van der Waals surface area contributed by atoms with E-state index in [4.69, 9.17) is 11.6 Å². The van der Waals surface area contributed by atoms with Gasteiger partial charge in [-0.1, -0.05) is 11.6 Å². The first-order valence-electron chi connectivity index (χ1n) is 8.01. The van der Waals surface area contributed by atoms with Crippen LogP contribution in [0.25, 0.3) is 0 Å². The van der Waals surface area contributed by atoms with Crippen LogP contribution >= 0.6 is 11.6 Å².